The van der Waals surface area contributed by atoms with Crippen molar-refractivity contribution in [1.29, 1.82) is 0 Å². The molecular formula is C16H24ClNO. The number of halogens is 1. The summed E-state index contributed by atoms with van der Waals surface area (Å²) < 4.78 is 6.17. The molecule has 0 radical (unpaired) electrons. The van der Waals surface area contributed by atoms with Crippen LogP contribution in [-0.4, -0.2) is 12.1 Å². The number of nitrogens with two attached hydrogens (primary N) is 1. The van der Waals surface area contributed by atoms with E-state index in [1.807, 2.05) is 13.0 Å². The quantitative estimate of drug-likeness (QED) is 0.898. The van der Waals surface area contributed by atoms with Gasteiger partial charge in [0.1, 0.15) is 11.9 Å². The van der Waals surface area contributed by atoms with Gasteiger partial charge in [0.15, 0.2) is 0 Å². The molecule has 2 unspecified atom stereocenters. The van der Waals surface area contributed by atoms with Gasteiger partial charge in [0, 0.05) is 22.9 Å². The summed E-state index contributed by atoms with van der Waals surface area (Å²) in [7, 11) is 0. The van der Waals surface area contributed by atoms with Crippen molar-refractivity contribution in [2.24, 2.45) is 11.1 Å². The normalized spacial score (nSPS) is 25.3. The molecule has 1 fully saturated rings. The Hall–Kier alpha value is -0.730. The van der Waals surface area contributed by atoms with E-state index in [1.165, 1.54) is 0 Å². The van der Waals surface area contributed by atoms with Crippen molar-refractivity contribution in [2.45, 2.75) is 59.1 Å². The van der Waals surface area contributed by atoms with Crippen molar-refractivity contribution >= 4 is 11.6 Å². The Morgan fingerprint density at radius 3 is 2.47 bits per heavy atom. The number of aryl methyl sites for hydroxylation is 1. The molecule has 1 aromatic carbocycles. The fraction of sp³-hybridized carbons (Fsp3) is 0.625. The maximum Gasteiger partial charge on any atom is 0.123 e. The Morgan fingerprint density at radius 1 is 1.37 bits per heavy atom. The van der Waals surface area contributed by atoms with Crippen LogP contribution in [0.3, 0.4) is 0 Å². The average Bonchev–Trinajstić information content (AvgIpc) is 2.31. The summed E-state index contributed by atoms with van der Waals surface area (Å²) in [5.41, 5.74) is 8.32. The van der Waals surface area contributed by atoms with Gasteiger partial charge in [0.05, 0.1) is 0 Å². The van der Waals surface area contributed by atoms with Crippen molar-refractivity contribution in [3.8, 4) is 5.75 Å². The molecule has 2 N–H and O–H groups in total. The molecule has 19 heavy (non-hydrogen) atoms. The third kappa shape index (κ3) is 2.61. The van der Waals surface area contributed by atoms with E-state index in [0.717, 1.165) is 28.3 Å². The van der Waals surface area contributed by atoms with Crippen LogP contribution in [0.5, 0.6) is 5.75 Å². The number of hydrogen-bond donors (Lipinski definition) is 1. The summed E-state index contributed by atoms with van der Waals surface area (Å²) in [6.07, 6.45) is 1.12. The van der Waals surface area contributed by atoms with Crippen LogP contribution < -0.4 is 10.5 Å². The van der Waals surface area contributed by atoms with Gasteiger partial charge in [-0.1, -0.05) is 39.3 Å². The van der Waals surface area contributed by atoms with Gasteiger partial charge in [-0.2, -0.15) is 0 Å². The lowest BCUT2D eigenvalue weighted by atomic mass is 9.65. The van der Waals surface area contributed by atoms with Crippen LogP contribution in [0.4, 0.5) is 0 Å². The number of ether oxygens (including phenoxy) is 1. The van der Waals surface area contributed by atoms with Crippen molar-refractivity contribution < 1.29 is 4.74 Å². The largest absolute Gasteiger partial charge is 0.489 e. The standard InChI is InChI=1S/C16H24ClNO/c1-9(2)11-7-13(10(3)6-12(11)17)19-15-8-14(18)16(15,4)5/h6-7,9,14-15H,8,18H2,1-5H3. The molecule has 1 aromatic rings. The van der Waals surface area contributed by atoms with Crippen molar-refractivity contribution in [3.05, 3.63) is 28.3 Å². The highest BCUT2D eigenvalue weighted by atomic mass is 35.5. The van der Waals surface area contributed by atoms with Crippen LogP contribution in [0.1, 0.15) is 51.2 Å². The smallest absolute Gasteiger partial charge is 0.123 e. The molecule has 0 amide bonds. The Bertz CT molecular complexity index is 482. The molecule has 0 heterocycles. The zero-order valence-electron chi connectivity index (χ0n) is 12.5. The van der Waals surface area contributed by atoms with Gasteiger partial charge in [-0.3, -0.25) is 0 Å². The topological polar surface area (TPSA) is 35.2 Å². The zero-order chi connectivity index (χ0) is 14.4. The highest BCUT2D eigenvalue weighted by Crippen LogP contribution is 2.43. The summed E-state index contributed by atoms with van der Waals surface area (Å²) >= 11 is 6.28. The molecule has 1 aliphatic carbocycles. The molecule has 2 rings (SSSR count). The number of benzene rings is 1. The Balaban J connectivity index is 2.24. The van der Waals surface area contributed by atoms with E-state index in [4.69, 9.17) is 22.1 Å². The molecular weight excluding hydrogens is 258 g/mol. The first-order valence-electron chi connectivity index (χ1n) is 6.95. The zero-order valence-corrected chi connectivity index (χ0v) is 13.2. The van der Waals surface area contributed by atoms with Gasteiger partial charge in [-0.05, 0) is 36.1 Å². The van der Waals surface area contributed by atoms with Gasteiger partial charge in [-0.15, -0.1) is 0 Å². The Labute approximate surface area is 121 Å². The third-order valence-corrected chi connectivity index (χ3v) is 4.77. The Morgan fingerprint density at radius 2 is 2.00 bits per heavy atom. The molecule has 106 valence electrons. The van der Waals surface area contributed by atoms with Crippen molar-refractivity contribution in [2.75, 3.05) is 0 Å². The molecule has 3 heteroatoms. The number of rotatable bonds is 3. The highest BCUT2D eigenvalue weighted by Gasteiger charge is 2.48. The van der Waals surface area contributed by atoms with Gasteiger partial charge in [0.2, 0.25) is 0 Å². The van der Waals surface area contributed by atoms with E-state index < -0.39 is 0 Å². The second kappa shape index (κ2) is 4.99. The van der Waals surface area contributed by atoms with Crippen LogP contribution in [0.2, 0.25) is 5.02 Å². The first-order valence-corrected chi connectivity index (χ1v) is 7.33. The van der Waals surface area contributed by atoms with E-state index in [1.54, 1.807) is 0 Å². The molecule has 2 atom stereocenters. The van der Waals surface area contributed by atoms with Crippen LogP contribution in [0.25, 0.3) is 0 Å². The monoisotopic (exact) mass is 281 g/mol. The summed E-state index contributed by atoms with van der Waals surface area (Å²) in [5, 5.41) is 0.824. The first kappa shape index (κ1) is 14.7. The lowest BCUT2D eigenvalue weighted by Crippen LogP contribution is -2.60. The molecule has 0 aliphatic heterocycles. The minimum absolute atomic E-state index is 0.0457. The minimum atomic E-state index is 0.0457. The van der Waals surface area contributed by atoms with Gasteiger partial charge in [0.25, 0.3) is 0 Å². The molecule has 1 aliphatic rings. The molecule has 2 nitrogen and oxygen atoms in total. The van der Waals surface area contributed by atoms with Gasteiger partial charge >= 0.3 is 0 Å². The summed E-state index contributed by atoms with van der Waals surface area (Å²) in [4.78, 5) is 0. The van der Waals surface area contributed by atoms with E-state index in [0.29, 0.717) is 5.92 Å². The van der Waals surface area contributed by atoms with Crippen molar-refractivity contribution in [1.82, 2.24) is 0 Å². The van der Waals surface area contributed by atoms with Crippen LogP contribution in [-0.2, 0) is 0 Å². The van der Waals surface area contributed by atoms with Gasteiger partial charge in [-0.25, -0.2) is 0 Å². The second-order valence-corrected chi connectivity index (χ2v) is 6.97. The lowest BCUT2D eigenvalue weighted by molar-refractivity contribution is -0.0403. The maximum atomic E-state index is 6.28. The molecule has 0 bridgehead atoms. The summed E-state index contributed by atoms with van der Waals surface area (Å²) in [6, 6.07) is 4.31. The highest BCUT2D eigenvalue weighted by molar-refractivity contribution is 6.31. The van der Waals surface area contributed by atoms with Gasteiger partial charge < -0.3 is 10.5 Å². The molecule has 0 saturated heterocycles. The Kier molecular flexibility index (Phi) is 3.85. The third-order valence-electron chi connectivity index (χ3n) is 4.44. The fourth-order valence-corrected chi connectivity index (χ4v) is 2.94. The van der Waals surface area contributed by atoms with Crippen LogP contribution in [0.15, 0.2) is 12.1 Å². The summed E-state index contributed by atoms with van der Waals surface area (Å²) in [6.45, 7) is 10.7. The van der Waals surface area contributed by atoms with Crippen LogP contribution in [0, 0.1) is 12.3 Å². The average molecular weight is 282 g/mol. The van der Waals surface area contributed by atoms with E-state index >= 15 is 0 Å². The van der Waals surface area contributed by atoms with Crippen molar-refractivity contribution in [3.63, 3.8) is 0 Å². The minimum Gasteiger partial charge on any atom is -0.489 e. The SMILES string of the molecule is Cc1cc(Cl)c(C(C)C)cc1OC1CC(N)C1(C)C. The predicted molar refractivity (Wildman–Crippen MR) is 81.1 cm³/mol. The van der Waals surface area contributed by atoms with E-state index in [2.05, 4.69) is 33.8 Å². The second-order valence-electron chi connectivity index (χ2n) is 6.56. The molecule has 0 aromatic heterocycles. The molecule has 0 spiro atoms. The summed E-state index contributed by atoms with van der Waals surface area (Å²) in [5.74, 6) is 1.34. The maximum absolute atomic E-state index is 6.28. The lowest BCUT2D eigenvalue weighted by Gasteiger charge is -2.49. The van der Waals surface area contributed by atoms with E-state index in [9.17, 15) is 0 Å². The molecule has 1 saturated carbocycles. The van der Waals surface area contributed by atoms with E-state index in [-0.39, 0.29) is 17.6 Å². The first-order chi connectivity index (χ1) is 8.73. The number of hydrogen-bond acceptors (Lipinski definition) is 2. The predicted octanol–water partition coefficient (Wildman–Crippen LogP) is 4.28. The van der Waals surface area contributed by atoms with Crippen LogP contribution >= 0.6 is 11.6 Å². The fourth-order valence-electron chi connectivity index (χ4n) is 2.51.